The molecule has 0 spiro atoms. The summed E-state index contributed by atoms with van der Waals surface area (Å²) in [6.45, 7) is 0. The van der Waals surface area contributed by atoms with Gasteiger partial charge in [0.05, 0.1) is 29.2 Å². The minimum atomic E-state index is -0.714. The first-order valence-electron chi connectivity index (χ1n) is 6.38. The van der Waals surface area contributed by atoms with Crippen molar-refractivity contribution in [3.8, 4) is 5.75 Å². The molecule has 118 valence electrons. The van der Waals surface area contributed by atoms with Crippen molar-refractivity contribution in [1.29, 1.82) is 0 Å². The average molecular weight is 316 g/mol. The highest BCUT2D eigenvalue weighted by Gasteiger charge is 2.19. The van der Waals surface area contributed by atoms with Crippen molar-refractivity contribution in [2.75, 3.05) is 12.5 Å². The van der Waals surface area contributed by atoms with E-state index in [9.17, 15) is 20.2 Å². The zero-order chi connectivity index (χ0) is 16.8. The molecule has 9 nitrogen and oxygen atoms in total. The fourth-order valence-corrected chi connectivity index (χ4v) is 1.82. The summed E-state index contributed by atoms with van der Waals surface area (Å²) in [6, 6.07) is 10.4. The van der Waals surface area contributed by atoms with Gasteiger partial charge in [0, 0.05) is 11.6 Å². The van der Waals surface area contributed by atoms with Crippen LogP contribution >= 0.6 is 0 Å². The smallest absolute Gasteiger partial charge is 0.301 e. The summed E-state index contributed by atoms with van der Waals surface area (Å²) in [6.07, 6.45) is 1.43. The van der Waals surface area contributed by atoms with Crippen LogP contribution < -0.4 is 10.2 Å². The van der Waals surface area contributed by atoms with E-state index in [1.807, 2.05) is 0 Å². The van der Waals surface area contributed by atoms with E-state index in [1.54, 1.807) is 24.3 Å². The second-order valence-corrected chi connectivity index (χ2v) is 4.33. The van der Waals surface area contributed by atoms with Crippen LogP contribution in [0.15, 0.2) is 47.6 Å². The highest BCUT2D eigenvalue weighted by Crippen LogP contribution is 2.28. The number of nitro groups is 2. The van der Waals surface area contributed by atoms with Crippen LogP contribution in [0.25, 0.3) is 0 Å². The molecule has 0 aliphatic rings. The number of nitrogens with one attached hydrogen (secondary N) is 1. The van der Waals surface area contributed by atoms with E-state index in [1.165, 1.54) is 19.4 Å². The van der Waals surface area contributed by atoms with Crippen molar-refractivity contribution in [2.24, 2.45) is 5.10 Å². The number of anilines is 1. The SMILES string of the molecule is COc1ccccc1/C=N\Nc1ccc([N+](=O)[O-])cc1[N+](=O)[O-]. The first-order valence-corrected chi connectivity index (χ1v) is 6.38. The summed E-state index contributed by atoms with van der Waals surface area (Å²) in [5.74, 6) is 0.594. The summed E-state index contributed by atoms with van der Waals surface area (Å²) in [7, 11) is 1.52. The maximum atomic E-state index is 11.0. The third-order valence-electron chi connectivity index (χ3n) is 2.92. The molecule has 0 amide bonds. The Morgan fingerprint density at radius 3 is 2.52 bits per heavy atom. The van der Waals surface area contributed by atoms with Crippen molar-refractivity contribution in [3.63, 3.8) is 0 Å². The van der Waals surface area contributed by atoms with Crippen molar-refractivity contribution in [3.05, 3.63) is 68.3 Å². The molecule has 2 aromatic carbocycles. The van der Waals surface area contributed by atoms with Gasteiger partial charge in [0.2, 0.25) is 0 Å². The second-order valence-electron chi connectivity index (χ2n) is 4.33. The molecule has 2 aromatic rings. The molecular formula is C14H12N4O5. The molecule has 23 heavy (non-hydrogen) atoms. The fraction of sp³-hybridized carbons (Fsp3) is 0.0714. The Labute approximate surface area is 130 Å². The lowest BCUT2D eigenvalue weighted by Gasteiger charge is -2.04. The van der Waals surface area contributed by atoms with Crippen LogP contribution in [-0.4, -0.2) is 23.2 Å². The number of nitro benzene ring substituents is 2. The van der Waals surface area contributed by atoms with Gasteiger partial charge in [-0.25, -0.2) is 0 Å². The number of hydrazone groups is 1. The van der Waals surface area contributed by atoms with E-state index in [0.29, 0.717) is 11.3 Å². The zero-order valence-electron chi connectivity index (χ0n) is 12.0. The standard InChI is InChI=1S/C14H12N4O5/c1-23-14-5-3-2-4-10(14)9-15-16-12-7-6-11(17(19)20)8-13(12)18(21)22/h2-9,16H,1H3/b15-9-. The molecule has 0 saturated carbocycles. The molecule has 0 atom stereocenters. The van der Waals surface area contributed by atoms with Crippen molar-refractivity contribution >= 4 is 23.3 Å². The molecule has 0 fully saturated rings. The molecular weight excluding hydrogens is 304 g/mol. The van der Waals surface area contributed by atoms with Gasteiger partial charge in [0.15, 0.2) is 0 Å². The number of rotatable bonds is 6. The summed E-state index contributed by atoms with van der Waals surface area (Å²) < 4.78 is 5.15. The molecule has 0 radical (unpaired) electrons. The molecule has 0 saturated heterocycles. The average Bonchev–Trinajstić information content (AvgIpc) is 2.55. The third-order valence-corrected chi connectivity index (χ3v) is 2.92. The summed E-state index contributed by atoms with van der Waals surface area (Å²) in [5, 5.41) is 25.6. The van der Waals surface area contributed by atoms with Crippen molar-refractivity contribution < 1.29 is 14.6 Å². The van der Waals surface area contributed by atoms with E-state index in [2.05, 4.69) is 10.5 Å². The van der Waals surface area contributed by atoms with Crippen molar-refractivity contribution in [2.45, 2.75) is 0 Å². The summed E-state index contributed by atoms with van der Waals surface area (Å²) >= 11 is 0. The molecule has 9 heteroatoms. The van der Waals surface area contributed by atoms with Crippen LogP contribution in [0.3, 0.4) is 0 Å². The lowest BCUT2D eigenvalue weighted by Crippen LogP contribution is -1.99. The first-order chi connectivity index (χ1) is 11.0. The molecule has 1 N–H and O–H groups in total. The molecule has 0 unspecified atom stereocenters. The van der Waals surface area contributed by atoms with Gasteiger partial charge in [-0.05, 0) is 18.2 Å². The van der Waals surface area contributed by atoms with E-state index in [-0.39, 0.29) is 11.4 Å². The van der Waals surface area contributed by atoms with Gasteiger partial charge < -0.3 is 4.74 Å². The summed E-state index contributed by atoms with van der Waals surface area (Å²) in [4.78, 5) is 20.3. The molecule has 2 rings (SSSR count). The summed E-state index contributed by atoms with van der Waals surface area (Å²) in [5.41, 5.74) is 2.43. The zero-order valence-corrected chi connectivity index (χ0v) is 12.0. The minimum absolute atomic E-state index is 0.0479. The number of ether oxygens (including phenoxy) is 1. The number of benzene rings is 2. The quantitative estimate of drug-likeness (QED) is 0.497. The van der Waals surface area contributed by atoms with E-state index in [4.69, 9.17) is 4.74 Å². The van der Waals surface area contributed by atoms with Crippen LogP contribution in [-0.2, 0) is 0 Å². The topological polar surface area (TPSA) is 120 Å². The lowest BCUT2D eigenvalue weighted by molar-refractivity contribution is -0.393. The number of para-hydroxylation sites is 1. The van der Waals surface area contributed by atoms with Crippen LogP contribution in [0, 0.1) is 20.2 Å². The number of methoxy groups -OCH3 is 1. The second kappa shape index (κ2) is 6.98. The molecule has 0 heterocycles. The number of non-ortho nitro benzene ring substituents is 1. The lowest BCUT2D eigenvalue weighted by atomic mass is 10.2. The van der Waals surface area contributed by atoms with Gasteiger partial charge in [-0.2, -0.15) is 5.10 Å². The molecule has 0 aliphatic carbocycles. The van der Waals surface area contributed by atoms with E-state index >= 15 is 0 Å². The Morgan fingerprint density at radius 1 is 1.13 bits per heavy atom. The number of nitrogens with zero attached hydrogens (tertiary/aromatic N) is 3. The maximum absolute atomic E-state index is 11.0. The third kappa shape index (κ3) is 3.79. The van der Waals surface area contributed by atoms with Gasteiger partial charge in [0.25, 0.3) is 5.69 Å². The number of hydrogen-bond donors (Lipinski definition) is 1. The van der Waals surface area contributed by atoms with Gasteiger partial charge in [-0.1, -0.05) is 12.1 Å². The van der Waals surface area contributed by atoms with Crippen LogP contribution in [0.4, 0.5) is 17.1 Å². The van der Waals surface area contributed by atoms with E-state index in [0.717, 1.165) is 12.1 Å². The Kier molecular flexibility index (Phi) is 4.82. The van der Waals surface area contributed by atoms with Gasteiger partial charge in [-0.15, -0.1) is 0 Å². The highest BCUT2D eigenvalue weighted by molar-refractivity contribution is 5.84. The van der Waals surface area contributed by atoms with E-state index < -0.39 is 15.5 Å². The number of hydrogen-bond acceptors (Lipinski definition) is 7. The predicted octanol–water partition coefficient (Wildman–Crippen LogP) is 2.96. The van der Waals surface area contributed by atoms with Crippen LogP contribution in [0.1, 0.15) is 5.56 Å². The predicted molar refractivity (Wildman–Crippen MR) is 84.0 cm³/mol. The van der Waals surface area contributed by atoms with Crippen LogP contribution in [0.2, 0.25) is 0 Å². The van der Waals surface area contributed by atoms with Gasteiger partial charge >= 0.3 is 5.69 Å². The highest BCUT2D eigenvalue weighted by atomic mass is 16.6. The fourth-order valence-electron chi connectivity index (χ4n) is 1.82. The maximum Gasteiger partial charge on any atom is 0.301 e. The van der Waals surface area contributed by atoms with Gasteiger partial charge in [-0.3, -0.25) is 25.7 Å². The molecule has 0 aliphatic heterocycles. The normalized spacial score (nSPS) is 10.5. The molecule has 0 bridgehead atoms. The Bertz CT molecular complexity index is 776. The Hall–Kier alpha value is -3.49. The van der Waals surface area contributed by atoms with Crippen LogP contribution in [0.5, 0.6) is 5.75 Å². The Morgan fingerprint density at radius 2 is 1.87 bits per heavy atom. The van der Waals surface area contributed by atoms with Crippen molar-refractivity contribution in [1.82, 2.24) is 0 Å². The monoisotopic (exact) mass is 316 g/mol. The largest absolute Gasteiger partial charge is 0.496 e. The molecule has 0 aromatic heterocycles. The first kappa shape index (κ1) is 15.9. The van der Waals surface area contributed by atoms with Gasteiger partial charge in [0.1, 0.15) is 11.4 Å². The minimum Gasteiger partial charge on any atom is -0.496 e. The Balaban J connectivity index is 2.24.